The summed E-state index contributed by atoms with van der Waals surface area (Å²) in [6, 6.07) is 17.5. The van der Waals surface area contributed by atoms with E-state index in [9.17, 15) is 9.18 Å². The summed E-state index contributed by atoms with van der Waals surface area (Å²) >= 11 is 0. The first-order valence-corrected chi connectivity index (χ1v) is 8.26. The lowest BCUT2D eigenvalue weighted by atomic mass is 10.2. The SMILES string of the molecule is Cc1cc(C(=O)NCc2ccc(F)cc2)nc(NCc2ccccc2)n1. The van der Waals surface area contributed by atoms with E-state index in [1.807, 2.05) is 37.3 Å². The first-order chi connectivity index (χ1) is 12.6. The highest BCUT2D eigenvalue weighted by molar-refractivity contribution is 5.92. The van der Waals surface area contributed by atoms with Gasteiger partial charge in [-0.15, -0.1) is 0 Å². The zero-order valence-electron chi connectivity index (χ0n) is 14.4. The summed E-state index contributed by atoms with van der Waals surface area (Å²) in [5.74, 6) is -0.205. The Morgan fingerprint density at radius 2 is 1.65 bits per heavy atom. The molecule has 3 aromatic rings. The quantitative estimate of drug-likeness (QED) is 0.714. The smallest absolute Gasteiger partial charge is 0.270 e. The van der Waals surface area contributed by atoms with Crippen LogP contribution in [0.2, 0.25) is 0 Å². The fourth-order valence-electron chi connectivity index (χ4n) is 2.42. The third kappa shape index (κ3) is 4.86. The molecule has 0 bridgehead atoms. The molecule has 1 aromatic heterocycles. The number of halogens is 1. The maximum absolute atomic E-state index is 12.9. The number of hydrogen-bond donors (Lipinski definition) is 2. The van der Waals surface area contributed by atoms with Gasteiger partial charge in [-0.05, 0) is 36.2 Å². The molecule has 0 aliphatic rings. The van der Waals surface area contributed by atoms with E-state index in [-0.39, 0.29) is 17.4 Å². The van der Waals surface area contributed by atoms with Crippen molar-refractivity contribution in [1.82, 2.24) is 15.3 Å². The van der Waals surface area contributed by atoms with Crippen LogP contribution in [-0.4, -0.2) is 15.9 Å². The van der Waals surface area contributed by atoms with Crippen LogP contribution in [0, 0.1) is 12.7 Å². The van der Waals surface area contributed by atoms with Gasteiger partial charge in [0.05, 0.1) is 0 Å². The molecule has 1 heterocycles. The zero-order chi connectivity index (χ0) is 18.4. The molecule has 0 saturated carbocycles. The molecule has 0 atom stereocenters. The molecule has 3 rings (SSSR count). The molecule has 2 N–H and O–H groups in total. The number of amides is 1. The average Bonchev–Trinajstić information content (AvgIpc) is 2.66. The Morgan fingerprint density at radius 1 is 0.962 bits per heavy atom. The summed E-state index contributed by atoms with van der Waals surface area (Å²) in [6.07, 6.45) is 0. The Morgan fingerprint density at radius 3 is 2.38 bits per heavy atom. The van der Waals surface area contributed by atoms with Crippen molar-refractivity contribution >= 4 is 11.9 Å². The predicted octanol–water partition coefficient (Wildman–Crippen LogP) is 3.47. The molecule has 0 saturated heterocycles. The lowest BCUT2D eigenvalue weighted by Crippen LogP contribution is -2.24. The molecule has 0 spiro atoms. The van der Waals surface area contributed by atoms with Crippen molar-refractivity contribution in [3.8, 4) is 0 Å². The van der Waals surface area contributed by atoms with E-state index in [0.717, 1.165) is 11.1 Å². The number of anilines is 1. The number of hydrogen-bond acceptors (Lipinski definition) is 4. The van der Waals surface area contributed by atoms with Gasteiger partial charge in [0.15, 0.2) is 0 Å². The normalized spacial score (nSPS) is 10.4. The van der Waals surface area contributed by atoms with Gasteiger partial charge in [-0.2, -0.15) is 0 Å². The molecule has 26 heavy (non-hydrogen) atoms. The highest BCUT2D eigenvalue weighted by Crippen LogP contribution is 2.08. The largest absolute Gasteiger partial charge is 0.350 e. The van der Waals surface area contributed by atoms with Gasteiger partial charge >= 0.3 is 0 Å². The Labute approximate surface area is 151 Å². The monoisotopic (exact) mass is 350 g/mol. The van der Waals surface area contributed by atoms with E-state index in [1.54, 1.807) is 18.2 Å². The number of nitrogens with one attached hydrogen (secondary N) is 2. The van der Waals surface area contributed by atoms with E-state index in [0.29, 0.717) is 24.7 Å². The van der Waals surface area contributed by atoms with Crippen molar-refractivity contribution in [1.29, 1.82) is 0 Å². The van der Waals surface area contributed by atoms with Gasteiger partial charge in [0.25, 0.3) is 5.91 Å². The molecule has 0 radical (unpaired) electrons. The van der Waals surface area contributed by atoms with Crippen LogP contribution in [0.4, 0.5) is 10.3 Å². The van der Waals surface area contributed by atoms with Crippen LogP contribution < -0.4 is 10.6 Å². The number of carbonyl (C=O) groups excluding carboxylic acids is 1. The summed E-state index contributed by atoms with van der Waals surface area (Å²) < 4.78 is 12.9. The second-order valence-electron chi connectivity index (χ2n) is 5.87. The number of nitrogens with zero attached hydrogens (tertiary/aromatic N) is 2. The molecule has 132 valence electrons. The minimum atomic E-state index is -0.305. The van der Waals surface area contributed by atoms with Gasteiger partial charge in [0.2, 0.25) is 5.95 Å². The Kier molecular flexibility index (Phi) is 5.53. The van der Waals surface area contributed by atoms with Crippen LogP contribution in [-0.2, 0) is 13.1 Å². The Balaban J connectivity index is 1.64. The van der Waals surface area contributed by atoms with Gasteiger partial charge in [-0.3, -0.25) is 4.79 Å². The molecular formula is C20H19FN4O. The highest BCUT2D eigenvalue weighted by Gasteiger charge is 2.10. The summed E-state index contributed by atoms with van der Waals surface area (Å²) in [7, 11) is 0. The minimum Gasteiger partial charge on any atom is -0.350 e. The average molecular weight is 350 g/mol. The molecule has 6 heteroatoms. The topological polar surface area (TPSA) is 66.9 Å². The summed E-state index contributed by atoms with van der Waals surface area (Å²) in [5.41, 5.74) is 2.89. The van der Waals surface area contributed by atoms with Crippen molar-refractivity contribution in [2.45, 2.75) is 20.0 Å². The molecule has 1 amide bonds. The number of aryl methyl sites for hydroxylation is 1. The zero-order valence-corrected chi connectivity index (χ0v) is 14.4. The molecule has 0 unspecified atom stereocenters. The number of aromatic nitrogens is 2. The Hall–Kier alpha value is -3.28. The van der Waals surface area contributed by atoms with E-state index in [4.69, 9.17) is 0 Å². The van der Waals surface area contributed by atoms with Gasteiger partial charge < -0.3 is 10.6 Å². The van der Waals surface area contributed by atoms with Crippen molar-refractivity contribution in [3.63, 3.8) is 0 Å². The van der Waals surface area contributed by atoms with Crippen LogP contribution >= 0.6 is 0 Å². The van der Waals surface area contributed by atoms with Crippen molar-refractivity contribution < 1.29 is 9.18 Å². The first kappa shape index (κ1) is 17.5. The van der Waals surface area contributed by atoms with Gasteiger partial charge in [-0.1, -0.05) is 42.5 Å². The molecular weight excluding hydrogens is 331 g/mol. The molecule has 0 aliphatic carbocycles. The third-order valence-electron chi connectivity index (χ3n) is 3.75. The lowest BCUT2D eigenvalue weighted by molar-refractivity contribution is 0.0945. The van der Waals surface area contributed by atoms with Crippen molar-refractivity contribution in [2.24, 2.45) is 0 Å². The lowest BCUT2D eigenvalue weighted by Gasteiger charge is -2.09. The summed E-state index contributed by atoms with van der Waals surface area (Å²) in [4.78, 5) is 21.0. The highest BCUT2D eigenvalue weighted by atomic mass is 19.1. The van der Waals surface area contributed by atoms with Crippen molar-refractivity contribution in [2.75, 3.05) is 5.32 Å². The summed E-state index contributed by atoms with van der Waals surface area (Å²) in [6.45, 7) is 2.68. The number of rotatable bonds is 6. The molecule has 2 aromatic carbocycles. The number of benzene rings is 2. The number of carbonyl (C=O) groups is 1. The van der Waals surface area contributed by atoms with Crippen LogP contribution in [0.25, 0.3) is 0 Å². The van der Waals surface area contributed by atoms with Gasteiger partial charge in [0.1, 0.15) is 11.5 Å². The maximum Gasteiger partial charge on any atom is 0.270 e. The van der Waals surface area contributed by atoms with Crippen molar-refractivity contribution in [3.05, 3.63) is 89.0 Å². The summed E-state index contributed by atoms with van der Waals surface area (Å²) in [5, 5.41) is 5.92. The first-order valence-electron chi connectivity index (χ1n) is 8.26. The fourth-order valence-corrected chi connectivity index (χ4v) is 2.42. The van der Waals surface area contributed by atoms with Gasteiger partial charge in [0, 0.05) is 18.8 Å². The third-order valence-corrected chi connectivity index (χ3v) is 3.75. The van der Waals surface area contributed by atoms with E-state index < -0.39 is 0 Å². The molecule has 5 nitrogen and oxygen atoms in total. The molecule has 0 aliphatic heterocycles. The fraction of sp³-hybridized carbons (Fsp3) is 0.150. The van der Waals surface area contributed by atoms with Gasteiger partial charge in [-0.25, -0.2) is 14.4 Å². The molecule has 0 fully saturated rings. The second-order valence-corrected chi connectivity index (χ2v) is 5.87. The van der Waals surface area contributed by atoms with Crippen LogP contribution in [0.1, 0.15) is 27.3 Å². The predicted molar refractivity (Wildman–Crippen MR) is 98.1 cm³/mol. The maximum atomic E-state index is 12.9. The van der Waals surface area contributed by atoms with Crippen LogP contribution in [0.5, 0.6) is 0 Å². The van der Waals surface area contributed by atoms with Crippen LogP contribution in [0.3, 0.4) is 0 Å². The minimum absolute atomic E-state index is 0.287. The van der Waals surface area contributed by atoms with E-state index in [2.05, 4.69) is 20.6 Å². The second kappa shape index (κ2) is 8.20. The van der Waals surface area contributed by atoms with Crippen LogP contribution in [0.15, 0.2) is 60.7 Å². The standard InChI is InChI=1S/C20H19FN4O/c1-14-11-18(19(26)22-12-16-7-9-17(21)10-8-16)25-20(24-14)23-13-15-5-3-2-4-6-15/h2-11H,12-13H2,1H3,(H,22,26)(H,23,24,25). The van der Waals surface area contributed by atoms with E-state index >= 15 is 0 Å². The van der Waals surface area contributed by atoms with E-state index in [1.165, 1.54) is 12.1 Å². The Bertz CT molecular complexity index is 882.